The second-order valence-corrected chi connectivity index (χ2v) is 5.10. The highest BCUT2D eigenvalue weighted by Gasteiger charge is 2.03. The molecule has 0 heterocycles. The first-order chi connectivity index (χ1) is 8.02. The third-order valence-electron chi connectivity index (χ3n) is 3.27. The lowest BCUT2D eigenvalue weighted by Gasteiger charge is -2.21. The molecule has 0 amide bonds. The predicted molar refractivity (Wildman–Crippen MR) is 76.9 cm³/mol. The summed E-state index contributed by atoms with van der Waals surface area (Å²) in [6.07, 6.45) is 2.46. The molecule has 17 heavy (non-hydrogen) atoms. The molecule has 1 aromatic rings. The van der Waals surface area contributed by atoms with Gasteiger partial charge in [-0.15, -0.1) is 0 Å². The van der Waals surface area contributed by atoms with Gasteiger partial charge >= 0.3 is 0 Å². The minimum Gasteiger partial charge on any atom is -0.375 e. The molecule has 1 aromatic carbocycles. The van der Waals surface area contributed by atoms with Gasteiger partial charge in [-0.3, -0.25) is 0 Å². The van der Waals surface area contributed by atoms with Gasteiger partial charge in [0.15, 0.2) is 0 Å². The Morgan fingerprint density at radius 2 is 1.76 bits per heavy atom. The van der Waals surface area contributed by atoms with Crippen LogP contribution >= 0.6 is 0 Å². The maximum Gasteiger partial charge on any atom is 0.0368 e. The van der Waals surface area contributed by atoms with E-state index in [1.165, 1.54) is 29.7 Å². The molecule has 0 fully saturated rings. The van der Waals surface area contributed by atoms with E-state index in [0.717, 1.165) is 6.54 Å². The van der Waals surface area contributed by atoms with Gasteiger partial charge in [0.05, 0.1) is 0 Å². The molecule has 1 atom stereocenters. The molecule has 0 saturated carbocycles. The van der Waals surface area contributed by atoms with E-state index < -0.39 is 0 Å². The van der Waals surface area contributed by atoms with Gasteiger partial charge in [-0.2, -0.15) is 0 Å². The van der Waals surface area contributed by atoms with E-state index >= 15 is 0 Å². The normalized spacial score (nSPS) is 12.5. The Labute approximate surface area is 106 Å². The van der Waals surface area contributed by atoms with Crippen LogP contribution in [0.5, 0.6) is 0 Å². The van der Waals surface area contributed by atoms with E-state index in [1.807, 2.05) is 7.05 Å². The van der Waals surface area contributed by atoms with Gasteiger partial charge in [-0.25, -0.2) is 0 Å². The summed E-state index contributed by atoms with van der Waals surface area (Å²) in [6, 6.07) is 7.35. The van der Waals surface area contributed by atoms with E-state index in [2.05, 4.69) is 56.2 Å². The first-order valence-corrected chi connectivity index (χ1v) is 6.49. The van der Waals surface area contributed by atoms with Crippen molar-refractivity contribution >= 4 is 5.69 Å². The molecular formula is C15H26N2. The Balaban J connectivity index is 2.49. The van der Waals surface area contributed by atoms with Crippen molar-refractivity contribution in [2.24, 2.45) is 0 Å². The third-order valence-corrected chi connectivity index (χ3v) is 3.27. The third kappa shape index (κ3) is 4.78. The lowest BCUT2D eigenvalue weighted by atomic mass is 10.1. The Morgan fingerprint density at radius 3 is 2.29 bits per heavy atom. The van der Waals surface area contributed by atoms with Crippen LogP contribution in [0.4, 0.5) is 5.69 Å². The Kier molecular flexibility index (Phi) is 5.49. The van der Waals surface area contributed by atoms with Gasteiger partial charge in [-0.05, 0) is 63.9 Å². The quantitative estimate of drug-likeness (QED) is 0.813. The Morgan fingerprint density at radius 1 is 1.18 bits per heavy atom. The van der Waals surface area contributed by atoms with Crippen molar-refractivity contribution in [1.29, 1.82) is 0 Å². The largest absolute Gasteiger partial charge is 0.375 e. The number of nitrogens with one attached hydrogen (secondary N) is 1. The first-order valence-electron chi connectivity index (χ1n) is 6.49. The molecule has 1 unspecified atom stereocenters. The highest BCUT2D eigenvalue weighted by atomic mass is 15.1. The molecule has 0 aliphatic heterocycles. The summed E-state index contributed by atoms with van der Waals surface area (Å²) in [5.41, 5.74) is 4.02. The zero-order valence-electron chi connectivity index (χ0n) is 11.9. The summed E-state index contributed by atoms with van der Waals surface area (Å²) >= 11 is 0. The Bertz CT molecular complexity index is 327. The van der Waals surface area contributed by atoms with Crippen LogP contribution in [0.15, 0.2) is 18.2 Å². The zero-order valence-corrected chi connectivity index (χ0v) is 11.9. The number of benzene rings is 1. The monoisotopic (exact) mass is 234 g/mol. The molecule has 2 nitrogen and oxygen atoms in total. The van der Waals surface area contributed by atoms with Gasteiger partial charge in [0.25, 0.3) is 0 Å². The molecule has 0 aromatic heterocycles. The fourth-order valence-corrected chi connectivity index (χ4v) is 2.08. The Hall–Kier alpha value is -1.02. The van der Waals surface area contributed by atoms with Crippen LogP contribution in [0.25, 0.3) is 0 Å². The van der Waals surface area contributed by atoms with Gasteiger partial charge in [-0.1, -0.05) is 6.07 Å². The fraction of sp³-hybridized carbons (Fsp3) is 0.600. The van der Waals surface area contributed by atoms with Crippen LogP contribution in [-0.2, 0) is 0 Å². The summed E-state index contributed by atoms with van der Waals surface area (Å²) in [5.74, 6) is 0. The summed E-state index contributed by atoms with van der Waals surface area (Å²) in [6.45, 7) is 7.67. The molecule has 0 bridgehead atoms. The summed E-state index contributed by atoms with van der Waals surface area (Å²) in [7, 11) is 4.20. The number of hydrogen-bond acceptors (Lipinski definition) is 2. The lowest BCUT2D eigenvalue weighted by Crippen LogP contribution is -2.24. The first kappa shape index (κ1) is 14.0. The minimum absolute atomic E-state index is 0.614. The van der Waals surface area contributed by atoms with Crippen molar-refractivity contribution < 1.29 is 0 Å². The smallest absolute Gasteiger partial charge is 0.0368 e. The van der Waals surface area contributed by atoms with Gasteiger partial charge in [0, 0.05) is 25.3 Å². The van der Waals surface area contributed by atoms with Crippen LogP contribution in [0.1, 0.15) is 30.9 Å². The minimum atomic E-state index is 0.614. The van der Waals surface area contributed by atoms with Crippen molar-refractivity contribution in [3.05, 3.63) is 29.3 Å². The highest BCUT2D eigenvalue weighted by molar-refractivity contribution is 5.50. The maximum absolute atomic E-state index is 3.28. The van der Waals surface area contributed by atoms with E-state index in [1.54, 1.807) is 0 Å². The second kappa shape index (κ2) is 6.65. The van der Waals surface area contributed by atoms with Crippen molar-refractivity contribution in [1.82, 2.24) is 5.32 Å². The number of aryl methyl sites for hydroxylation is 2. The number of nitrogens with zero attached hydrogens (tertiary/aromatic N) is 1. The summed E-state index contributed by atoms with van der Waals surface area (Å²) in [4.78, 5) is 2.35. The van der Waals surface area contributed by atoms with Crippen molar-refractivity contribution in [2.45, 2.75) is 39.7 Å². The lowest BCUT2D eigenvalue weighted by molar-refractivity contribution is 0.542. The van der Waals surface area contributed by atoms with Crippen molar-refractivity contribution in [3.63, 3.8) is 0 Å². The summed E-state index contributed by atoms with van der Waals surface area (Å²) < 4.78 is 0. The van der Waals surface area contributed by atoms with E-state index in [0.29, 0.717) is 6.04 Å². The average molecular weight is 234 g/mol. The van der Waals surface area contributed by atoms with Crippen LogP contribution in [0.3, 0.4) is 0 Å². The second-order valence-electron chi connectivity index (χ2n) is 5.10. The van der Waals surface area contributed by atoms with Crippen LogP contribution in [0, 0.1) is 13.8 Å². The van der Waals surface area contributed by atoms with Gasteiger partial charge < -0.3 is 10.2 Å². The SMILES string of the molecule is CNC(C)CCCN(C)c1cc(C)cc(C)c1. The van der Waals surface area contributed by atoms with Crippen LogP contribution in [-0.4, -0.2) is 26.7 Å². The molecule has 0 saturated heterocycles. The molecule has 0 aliphatic rings. The topological polar surface area (TPSA) is 15.3 Å². The van der Waals surface area contributed by atoms with Crippen molar-refractivity contribution in [2.75, 3.05) is 25.5 Å². The molecule has 1 rings (SSSR count). The molecular weight excluding hydrogens is 208 g/mol. The molecule has 1 N–H and O–H groups in total. The fourth-order valence-electron chi connectivity index (χ4n) is 2.08. The summed E-state index contributed by atoms with van der Waals surface area (Å²) in [5, 5.41) is 3.28. The van der Waals surface area contributed by atoms with Crippen LogP contribution < -0.4 is 10.2 Å². The number of hydrogen-bond donors (Lipinski definition) is 1. The number of anilines is 1. The maximum atomic E-state index is 3.28. The van der Waals surface area contributed by atoms with Gasteiger partial charge in [0.2, 0.25) is 0 Å². The zero-order chi connectivity index (χ0) is 12.8. The van der Waals surface area contributed by atoms with E-state index in [9.17, 15) is 0 Å². The molecule has 0 spiro atoms. The van der Waals surface area contributed by atoms with Crippen molar-refractivity contribution in [3.8, 4) is 0 Å². The average Bonchev–Trinajstić information content (AvgIpc) is 2.27. The molecule has 2 heteroatoms. The van der Waals surface area contributed by atoms with Gasteiger partial charge in [0.1, 0.15) is 0 Å². The van der Waals surface area contributed by atoms with Crippen LogP contribution in [0.2, 0.25) is 0 Å². The molecule has 0 aliphatic carbocycles. The molecule has 96 valence electrons. The predicted octanol–water partition coefficient (Wildman–Crippen LogP) is 3.13. The standard InChI is InChI=1S/C15H26N2/c1-12-9-13(2)11-15(10-12)17(5)8-6-7-14(3)16-4/h9-11,14,16H,6-8H2,1-5H3. The number of rotatable bonds is 6. The van der Waals surface area contributed by atoms with E-state index in [4.69, 9.17) is 0 Å². The van der Waals surface area contributed by atoms with E-state index in [-0.39, 0.29) is 0 Å². The molecule has 0 radical (unpaired) electrons. The highest BCUT2D eigenvalue weighted by Crippen LogP contribution is 2.17.